The van der Waals surface area contributed by atoms with Gasteiger partial charge in [-0.1, -0.05) is 24.3 Å². The quantitative estimate of drug-likeness (QED) is 0.515. The first-order valence-corrected chi connectivity index (χ1v) is 8.43. The first kappa shape index (κ1) is 16.2. The molecule has 0 atom stereocenters. The lowest BCUT2D eigenvalue weighted by atomic mass is 10.0. The van der Waals surface area contributed by atoms with Gasteiger partial charge in [0.1, 0.15) is 19.0 Å². The Balaban J connectivity index is 1.55. The maximum absolute atomic E-state index is 12.5. The fourth-order valence-electron chi connectivity index (χ4n) is 2.94. The first-order valence-electron chi connectivity index (χ1n) is 8.43. The normalized spacial score (nSPS) is 13.1. The molecule has 3 aromatic carbocycles. The summed E-state index contributed by atoms with van der Waals surface area (Å²) in [6.07, 6.45) is 3.40. The van der Waals surface area contributed by atoms with Crippen LogP contribution in [0.5, 0.6) is 17.2 Å². The van der Waals surface area contributed by atoms with E-state index in [2.05, 4.69) is 0 Å². The number of ketones is 1. The van der Waals surface area contributed by atoms with Crippen LogP contribution in [0.25, 0.3) is 16.8 Å². The van der Waals surface area contributed by atoms with Crippen LogP contribution in [0.3, 0.4) is 0 Å². The van der Waals surface area contributed by atoms with Gasteiger partial charge in [0.05, 0.1) is 7.11 Å². The van der Waals surface area contributed by atoms with Crippen molar-refractivity contribution in [1.82, 2.24) is 0 Å². The standard InChI is InChI=1S/C22H18O4/c1-24-19-7-5-16-12-15(2-4-17(16)13-19)3-8-20(23)18-6-9-21-22(14-18)26-11-10-25-21/h2-9,12-14H,10-11H2,1H3/b8-3+. The van der Waals surface area contributed by atoms with Gasteiger partial charge in [-0.25, -0.2) is 0 Å². The van der Waals surface area contributed by atoms with Gasteiger partial charge in [-0.3, -0.25) is 4.79 Å². The number of ether oxygens (including phenoxy) is 3. The monoisotopic (exact) mass is 346 g/mol. The molecule has 0 amide bonds. The van der Waals surface area contributed by atoms with Gasteiger partial charge in [0, 0.05) is 5.56 Å². The van der Waals surface area contributed by atoms with Gasteiger partial charge < -0.3 is 14.2 Å². The molecule has 0 fully saturated rings. The van der Waals surface area contributed by atoms with Crippen LogP contribution in [0.4, 0.5) is 0 Å². The van der Waals surface area contributed by atoms with E-state index in [9.17, 15) is 4.79 Å². The highest BCUT2D eigenvalue weighted by Gasteiger charge is 2.13. The molecule has 1 heterocycles. The van der Waals surface area contributed by atoms with Crippen molar-refractivity contribution in [3.05, 3.63) is 71.8 Å². The highest BCUT2D eigenvalue weighted by atomic mass is 16.6. The third-order valence-electron chi connectivity index (χ3n) is 4.33. The molecule has 0 saturated heterocycles. The van der Waals surface area contributed by atoms with Crippen LogP contribution in [0.1, 0.15) is 15.9 Å². The molecule has 0 spiro atoms. The zero-order valence-corrected chi connectivity index (χ0v) is 14.4. The van der Waals surface area contributed by atoms with Gasteiger partial charge in [-0.15, -0.1) is 0 Å². The molecular formula is C22H18O4. The first-order chi connectivity index (χ1) is 12.7. The average molecular weight is 346 g/mol. The van der Waals surface area contributed by atoms with Gasteiger partial charge in [0.2, 0.25) is 0 Å². The number of fused-ring (bicyclic) bond motifs is 2. The highest BCUT2D eigenvalue weighted by molar-refractivity contribution is 6.07. The van der Waals surface area contributed by atoms with Crippen molar-refractivity contribution in [1.29, 1.82) is 0 Å². The zero-order valence-electron chi connectivity index (χ0n) is 14.4. The van der Waals surface area contributed by atoms with E-state index < -0.39 is 0 Å². The maximum atomic E-state index is 12.5. The lowest BCUT2D eigenvalue weighted by Gasteiger charge is -2.18. The van der Waals surface area contributed by atoms with Crippen LogP contribution < -0.4 is 14.2 Å². The zero-order chi connectivity index (χ0) is 17.9. The van der Waals surface area contributed by atoms with Crippen LogP contribution in [-0.2, 0) is 0 Å². The largest absolute Gasteiger partial charge is 0.497 e. The predicted octanol–water partition coefficient (Wildman–Crippen LogP) is 4.52. The molecule has 1 aliphatic rings. The van der Waals surface area contributed by atoms with Gasteiger partial charge in [0.25, 0.3) is 0 Å². The molecule has 0 N–H and O–H groups in total. The topological polar surface area (TPSA) is 44.8 Å². The molecule has 26 heavy (non-hydrogen) atoms. The van der Waals surface area contributed by atoms with Crippen molar-refractivity contribution in [3.63, 3.8) is 0 Å². The second-order valence-electron chi connectivity index (χ2n) is 6.03. The van der Waals surface area contributed by atoms with Gasteiger partial charge in [-0.2, -0.15) is 0 Å². The number of hydrogen-bond acceptors (Lipinski definition) is 4. The fraction of sp³-hybridized carbons (Fsp3) is 0.136. The van der Waals surface area contributed by atoms with E-state index in [0.29, 0.717) is 30.3 Å². The van der Waals surface area contributed by atoms with Crippen LogP contribution >= 0.6 is 0 Å². The molecule has 4 heteroatoms. The van der Waals surface area contributed by atoms with E-state index >= 15 is 0 Å². The van der Waals surface area contributed by atoms with Crippen molar-refractivity contribution in [2.45, 2.75) is 0 Å². The number of hydrogen-bond donors (Lipinski definition) is 0. The molecular weight excluding hydrogens is 328 g/mol. The Hall–Kier alpha value is -3.27. The average Bonchev–Trinajstić information content (AvgIpc) is 2.71. The number of methoxy groups -OCH3 is 1. The summed E-state index contributed by atoms with van der Waals surface area (Å²) in [6, 6.07) is 17.2. The molecule has 0 unspecified atom stereocenters. The lowest BCUT2D eigenvalue weighted by molar-refractivity contribution is 0.104. The van der Waals surface area contributed by atoms with Crippen molar-refractivity contribution >= 4 is 22.6 Å². The van der Waals surface area contributed by atoms with Crippen LogP contribution in [0, 0.1) is 0 Å². The third kappa shape index (κ3) is 3.26. The van der Waals surface area contributed by atoms with Crippen LogP contribution in [0.15, 0.2) is 60.7 Å². The SMILES string of the molecule is COc1ccc2cc(/C=C/C(=O)c3ccc4c(c3)OCCO4)ccc2c1. The number of carbonyl (C=O) groups is 1. The molecule has 0 bridgehead atoms. The Bertz CT molecular complexity index is 1000. The molecule has 3 aromatic rings. The molecule has 0 radical (unpaired) electrons. The summed E-state index contributed by atoms with van der Waals surface area (Å²) in [5.74, 6) is 2.06. The summed E-state index contributed by atoms with van der Waals surface area (Å²) < 4.78 is 16.3. The molecule has 0 aliphatic carbocycles. The van der Waals surface area contributed by atoms with E-state index in [4.69, 9.17) is 14.2 Å². The predicted molar refractivity (Wildman–Crippen MR) is 101 cm³/mol. The van der Waals surface area contributed by atoms with E-state index in [1.165, 1.54) is 0 Å². The van der Waals surface area contributed by atoms with Gasteiger partial charge in [0.15, 0.2) is 17.3 Å². The van der Waals surface area contributed by atoms with Crippen molar-refractivity contribution in [3.8, 4) is 17.2 Å². The van der Waals surface area contributed by atoms with Gasteiger partial charge >= 0.3 is 0 Å². The second kappa shape index (κ2) is 6.92. The number of rotatable bonds is 4. The maximum Gasteiger partial charge on any atom is 0.185 e. The Morgan fingerprint density at radius 3 is 2.54 bits per heavy atom. The number of benzene rings is 3. The van der Waals surface area contributed by atoms with Crippen LogP contribution in [0.2, 0.25) is 0 Å². The summed E-state index contributed by atoms with van der Waals surface area (Å²) in [5.41, 5.74) is 1.55. The minimum atomic E-state index is -0.0724. The van der Waals surface area contributed by atoms with E-state index in [1.54, 1.807) is 31.4 Å². The number of carbonyl (C=O) groups excluding carboxylic acids is 1. The van der Waals surface area contributed by atoms with Crippen molar-refractivity contribution in [2.24, 2.45) is 0 Å². The third-order valence-corrected chi connectivity index (χ3v) is 4.33. The summed E-state index contributed by atoms with van der Waals surface area (Å²) in [4.78, 5) is 12.5. The molecule has 0 aromatic heterocycles. The van der Waals surface area contributed by atoms with E-state index in [-0.39, 0.29) is 5.78 Å². The minimum absolute atomic E-state index is 0.0724. The summed E-state index contributed by atoms with van der Waals surface area (Å²) in [5, 5.41) is 2.19. The van der Waals surface area contributed by atoms with E-state index in [1.807, 2.05) is 42.5 Å². The van der Waals surface area contributed by atoms with Crippen molar-refractivity contribution < 1.29 is 19.0 Å². The Morgan fingerprint density at radius 1 is 0.923 bits per heavy atom. The molecule has 0 saturated carbocycles. The summed E-state index contributed by atoms with van der Waals surface area (Å²) in [7, 11) is 1.65. The summed E-state index contributed by atoms with van der Waals surface area (Å²) in [6.45, 7) is 1.04. The molecule has 1 aliphatic heterocycles. The molecule has 4 nitrogen and oxygen atoms in total. The smallest absolute Gasteiger partial charge is 0.185 e. The van der Waals surface area contributed by atoms with Crippen molar-refractivity contribution in [2.75, 3.05) is 20.3 Å². The Labute approximate surface area is 151 Å². The van der Waals surface area contributed by atoms with Gasteiger partial charge in [-0.05, 0) is 58.8 Å². The highest BCUT2D eigenvalue weighted by Crippen LogP contribution is 2.31. The van der Waals surface area contributed by atoms with Crippen LogP contribution in [-0.4, -0.2) is 26.1 Å². The minimum Gasteiger partial charge on any atom is -0.497 e. The second-order valence-corrected chi connectivity index (χ2v) is 6.03. The Morgan fingerprint density at radius 2 is 1.69 bits per heavy atom. The lowest BCUT2D eigenvalue weighted by Crippen LogP contribution is -2.15. The van der Waals surface area contributed by atoms with E-state index in [0.717, 1.165) is 22.1 Å². The fourth-order valence-corrected chi connectivity index (χ4v) is 2.94. The molecule has 4 rings (SSSR count). The molecule has 130 valence electrons. The number of allylic oxidation sites excluding steroid dienone is 1. The Kier molecular flexibility index (Phi) is 4.32. The summed E-state index contributed by atoms with van der Waals surface area (Å²) >= 11 is 0.